The molecule has 1 aromatic heterocycles. The van der Waals surface area contributed by atoms with E-state index in [1.165, 1.54) is 18.3 Å². The molecule has 1 N–H and O–H groups in total. The smallest absolute Gasteiger partial charge is 0.256 e. The number of carbonyl (C=O) groups excluding carboxylic acids is 1. The molecule has 5 heteroatoms. The van der Waals surface area contributed by atoms with Crippen molar-refractivity contribution in [3.05, 3.63) is 29.8 Å². The van der Waals surface area contributed by atoms with Gasteiger partial charge < -0.3 is 10.1 Å². The molecule has 0 saturated carbocycles. The third kappa shape index (κ3) is 2.29. The fourth-order valence-electron chi connectivity index (χ4n) is 1.88. The van der Waals surface area contributed by atoms with Crippen LogP contribution in [0.1, 0.15) is 30.6 Å². The number of nitrogens with one attached hydrogen (secondary N) is 1. The number of hydrogen-bond acceptors (Lipinski definition) is 3. The zero-order chi connectivity index (χ0) is 12.5. The molecular formula is C12H15FN2O2. The second kappa shape index (κ2) is 4.41. The van der Waals surface area contributed by atoms with Crippen molar-refractivity contribution in [1.29, 1.82) is 0 Å². The number of halogens is 1. The van der Waals surface area contributed by atoms with E-state index in [2.05, 4.69) is 10.3 Å². The van der Waals surface area contributed by atoms with Crippen LogP contribution in [0.5, 0.6) is 0 Å². The van der Waals surface area contributed by atoms with Crippen molar-refractivity contribution in [3.8, 4) is 0 Å². The van der Waals surface area contributed by atoms with E-state index in [9.17, 15) is 9.18 Å². The highest BCUT2D eigenvalue weighted by molar-refractivity contribution is 5.94. The van der Waals surface area contributed by atoms with Crippen molar-refractivity contribution in [2.24, 2.45) is 0 Å². The summed E-state index contributed by atoms with van der Waals surface area (Å²) >= 11 is 0. The Hall–Kier alpha value is -1.49. The van der Waals surface area contributed by atoms with Gasteiger partial charge >= 0.3 is 0 Å². The molecule has 4 nitrogen and oxygen atoms in total. The molecule has 2 unspecified atom stereocenters. The Labute approximate surface area is 99.2 Å². The summed E-state index contributed by atoms with van der Waals surface area (Å²) < 4.78 is 18.7. The molecule has 0 radical (unpaired) electrons. The van der Waals surface area contributed by atoms with Crippen LogP contribution < -0.4 is 5.32 Å². The van der Waals surface area contributed by atoms with Crippen LogP contribution in [0.4, 0.5) is 4.39 Å². The van der Waals surface area contributed by atoms with Crippen molar-refractivity contribution in [2.45, 2.75) is 31.9 Å². The molecule has 2 atom stereocenters. The average molecular weight is 238 g/mol. The van der Waals surface area contributed by atoms with Gasteiger partial charge in [0.05, 0.1) is 17.2 Å². The molecule has 1 aliphatic rings. The first kappa shape index (κ1) is 12.0. The SMILES string of the molecule is CC1OCCC1(C)NC(=O)c1cccnc1F. The van der Waals surface area contributed by atoms with Crippen molar-refractivity contribution >= 4 is 5.91 Å². The molecular weight excluding hydrogens is 223 g/mol. The Morgan fingerprint density at radius 3 is 3.06 bits per heavy atom. The minimum atomic E-state index is -0.750. The summed E-state index contributed by atoms with van der Waals surface area (Å²) in [5.41, 5.74) is -0.479. The molecule has 0 bridgehead atoms. The number of rotatable bonds is 2. The van der Waals surface area contributed by atoms with Crippen molar-refractivity contribution < 1.29 is 13.9 Å². The van der Waals surface area contributed by atoms with Crippen molar-refractivity contribution in [3.63, 3.8) is 0 Å². The van der Waals surface area contributed by atoms with Gasteiger partial charge in [0.1, 0.15) is 0 Å². The Balaban J connectivity index is 2.15. The van der Waals surface area contributed by atoms with Gasteiger partial charge in [-0.3, -0.25) is 4.79 Å². The molecule has 1 saturated heterocycles. The van der Waals surface area contributed by atoms with Gasteiger partial charge in [-0.05, 0) is 32.4 Å². The van der Waals surface area contributed by atoms with Gasteiger partial charge in [0.25, 0.3) is 5.91 Å². The topological polar surface area (TPSA) is 51.2 Å². The summed E-state index contributed by atoms with van der Waals surface area (Å²) in [5.74, 6) is -1.20. The number of hydrogen-bond donors (Lipinski definition) is 1. The molecule has 1 aromatic rings. The second-order valence-corrected chi connectivity index (χ2v) is 4.48. The summed E-state index contributed by atoms with van der Waals surface area (Å²) in [6.07, 6.45) is 1.96. The summed E-state index contributed by atoms with van der Waals surface area (Å²) in [7, 11) is 0. The second-order valence-electron chi connectivity index (χ2n) is 4.48. The van der Waals surface area contributed by atoms with Crippen LogP contribution in [0.2, 0.25) is 0 Å². The van der Waals surface area contributed by atoms with Gasteiger partial charge in [-0.15, -0.1) is 0 Å². The first-order chi connectivity index (χ1) is 8.03. The van der Waals surface area contributed by atoms with E-state index in [-0.39, 0.29) is 11.7 Å². The van der Waals surface area contributed by atoms with E-state index < -0.39 is 17.4 Å². The van der Waals surface area contributed by atoms with Crippen LogP contribution in [-0.4, -0.2) is 29.1 Å². The molecule has 92 valence electrons. The Kier molecular flexibility index (Phi) is 3.11. The first-order valence-electron chi connectivity index (χ1n) is 5.57. The number of carbonyl (C=O) groups is 1. The standard InChI is InChI=1S/C12H15FN2O2/c1-8-12(2,5-7-17-8)15-11(16)9-4-3-6-14-10(9)13/h3-4,6,8H,5,7H2,1-2H3,(H,15,16). The van der Waals surface area contributed by atoms with E-state index >= 15 is 0 Å². The number of amides is 1. The molecule has 2 rings (SSSR count). The van der Waals surface area contributed by atoms with E-state index in [0.717, 1.165) is 6.42 Å². The lowest BCUT2D eigenvalue weighted by molar-refractivity contribution is 0.0724. The maximum absolute atomic E-state index is 13.3. The predicted molar refractivity (Wildman–Crippen MR) is 60.1 cm³/mol. The fraction of sp³-hybridized carbons (Fsp3) is 0.500. The van der Waals surface area contributed by atoms with Gasteiger partial charge in [-0.1, -0.05) is 0 Å². The summed E-state index contributed by atoms with van der Waals surface area (Å²) in [4.78, 5) is 15.4. The van der Waals surface area contributed by atoms with Gasteiger partial charge in [-0.2, -0.15) is 4.39 Å². The maximum Gasteiger partial charge on any atom is 0.256 e. The zero-order valence-electron chi connectivity index (χ0n) is 9.87. The molecule has 1 fully saturated rings. The van der Waals surface area contributed by atoms with Crippen molar-refractivity contribution in [1.82, 2.24) is 10.3 Å². The molecule has 1 amide bonds. The lowest BCUT2D eigenvalue weighted by Gasteiger charge is -2.28. The molecule has 0 spiro atoms. The zero-order valence-corrected chi connectivity index (χ0v) is 9.87. The van der Waals surface area contributed by atoms with Gasteiger partial charge in [0.15, 0.2) is 0 Å². The highest BCUT2D eigenvalue weighted by Crippen LogP contribution is 2.25. The number of aromatic nitrogens is 1. The molecule has 2 heterocycles. The molecule has 0 aromatic carbocycles. The fourth-order valence-corrected chi connectivity index (χ4v) is 1.88. The highest BCUT2D eigenvalue weighted by Gasteiger charge is 2.38. The van der Waals surface area contributed by atoms with Crippen LogP contribution in [0, 0.1) is 5.95 Å². The summed E-state index contributed by atoms with van der Waals surface area (Å²) in [5, 5.41) is 2.82. The predicted octanol–water partition coefficient (Wildman–Crippen LogP) is 1.52. The number of ether oxygens (including phenoxy) is 1. The van der Waals surface area contributed by atoms with E-state index in [1.54, 1.807) is 0 Å². The molecule has 17 heavy (non-hydrogen) atoms. The Bertz CT molecular complexity index is 438. The number of nitrogens with zero attached hydrogens (tertiary/aromatic N) is 1. The first-order valence-corrected chi connectivity index (χ1v) is 5.57. The van der Waals surface area contributed by atoms with E-state index in [1.807, 2.05) is 13.8 Å². The van der Waals surface area contributed by atoms with E-state index in [0.29, 0.717) is 6.61 Å². The number of pyridine rings is 1. The van der Waals surface area contributed by atoms with Gasteiger partial charge in [-0.25, -0.2) is 4.98 Å². The van der Waals surface area contributed by atoms with Crippen molar-refractivity contribution in [2.75, 3.05) is 6.61 Å². The lowest BCUT2D eigenvalue weighted by Crippen LogP contribution is -2.50. The minimum absolute atomic E-state index is 0.0344. The lowest BCUT2D eigenvalue weighted by atomic mass is 9.94. The molecule has 0 aliphatic carbocycles. The minimum Gasteiger partial charge on any atom is -0.376 e. The van der Waals surface area contributed by atoms with Crippen LogP contribution in [-0.2, 0) is 4.74 Å². The Morgan fingerprint density at radius 2 is 2.47 bits per heavy atom. The third-order valence-corrected chi connectivity index (χ3v) is 3.29. The quantitative estimate of drug-likeness (QED) is 0.795. The maximum atomic E-state index is 13.3. The van der Waals surface area contributed by atoms with Crippen LogP contribution >= 0.6 is 0 Å². The third-order valence-electron chi connectivity index (χ3n) is 3.29. The van der Waals surface area contributed by atoms with Gasteiger partial charge in [0.2, 0.25) is 5.95 Å². The molecule has 1 aliphatic heterocycles. The highest BCUT2D eigenvalue weighted by atomic mass is 19.1. The van der Waals surface area contributed by atoms with E-state index in [4.69, 9.17) is 4.74 Å². The summed E-state index contributed by atoms with van der Waals surface area (Å²) in [6, 6.07) is 2.95. The van der Waals surface area contributed by atoms with Gasteiger partial charge in [0, 0.05) is 12.8 Å². The van der Waals surface area contributed by atoms with Crippen LogP contribution in [0.25, 0.3) is 0 Å². The summed E-state index contributed by atoms with van der Waals surface area (Å²) in [6.45, 7) is 4.40. The Morgan fingerprint density at radius 1 is 1.71 bits per heavy atom. The normalized spacial score (nSPS) is 28.1. The average Bonchev–Trinajstić information content (AvgIpc) is 2.59. The van der Waals surface area contributed by atoms with Crippen LogP contribution in [0.3, 0.4) is 0 Å². The van der Waals surface area contributed by atoms with Crippen LogP contribution in [0.15, 0.2) is 18.3 Å². The largest absolute Gasteiger partial charge is 0.376 e. The monoisotopic (exact) mass is 238 g/mol.